The van der Waals surface area contributed by atoms with E-state index in [9.17, 15) is 4.79 Å². The van der Waals surface area contributed by atoms with Crippen LogP contribution in [0.4, 0.5) is 0 Å². The number of benzene rings is 5. The summed E-state index contributed by atoms with van der Waals surface area (Å²) in [5.74, 6) is 0.883. The molecular weight excluding hydrogens is 511 g/mol. The van der Waals surface area contributed by atoms with Gasteiger partial charge < -0.3 is 0 Å². The second-order valence-electron chi connectivity index (χ2n) is 9.85. The average Bonchev–Trinajstić information content (AvgIpc) is 3.02. The van der Waals surface area contributed by atoms with Crippen LogP contribution in [0, 0.1) is 0 Å². The number of esters is 1. The van der Waals surface area contributed by atoms with Gasteiger partial charge in [0.25, 0.3) is 0 Å². The van der Waals surface area contributed by atoms with Gasteiger partial charge >= 0.3 is 237 Å². The number of methoxy groups -OCH3 is 1. The van der Waals surface area contributed by atoms with Crippen molar-refractivity contribution in [2.24, 2.45) is 0 Å². The molecule has 0 saturated heterocycles. The fourth-order valence-corrected chi connectivity index (χ4v) is 11.1. The Labute approximate surface area is 237 Å². The molecule has 4 heteroatoms. The predicted octanol–water partition coefficient (Wildman–Crippen LogP) is 6.99. The Kier molecular flexibility index (Phi) is 8.24. The van der Waals surface area contributed by atoms with E-state index in [1.54, 1.807) is 14.0 Å². The molecule has 1 unspecified atom stereocenters. The van der Waals surface area contributed by atoms with E-state index in [0.29, 0.717) is 11.3 Å². The van der Waals surface area contributed by atoms with Crippen molar-refractivity contribution in [1.29, 1.82) is 0 Å². The summed E-state index contributed by atoms with van der Waals surface area (Å²) in [7, 11) is -1.10. The summed E-state index contributed by atoms with van der Waals surface area (Å²) in [5, 5.41) is 3.93. The van der Waals surface area contributed by atoms with Crippen molar-refractivity contribution in [2.75, 3.05) is 7.11 Å². The molecule has 0 aliphatic rings. The van der Waals surface area contributed by atoms with Crippen LogP contribution >= 0.6 is 7.26 Å². The van der Waals surface area contributed by atoms with Crippen molar-refractivity contribution in [3.63, 3.8) is 0 Å². The molecule has 0 bridgehead atoms. The quantitative estimate of drug-likeness (QED) is 0.0868. The summed E-state index contributed by atoms with van der Waals surface area (Å²) in [6, 6.07) is 49.0. The van der Waals surface area contributed by atoms with Crippen LogP contribution in [0.1, 0.15) is 23.7 Å². The van der Waals surface area contributed by atoms with E-state index in [2.05, 4.69) is 122 Å². The zero-order valence-corrected chi connectivity index (χ0v) is 23.8. The molecule has 5 aromatic rings. The first-order valence-corrected chi connectivity index (χ1v) is 15.4. The van der Waals surface area contributed by atoms with E-state index in [4.69, 9.17) is 9.47 Å². The molecule has 0 radical (unpaired) electrons. The van der Waals surface area contributed by atoms with Crippen molar-refractivity contribution in [3.8, 4) is 11.5 Å². The molecule has 0 heterocycles. The SMILES string of the molecule is C=C(C)C(=O)Oc1ccc(C(c2ccc(OC)cc2)[PH](c2ccccc2)(c2ccccc2)c2ccccc2)cc1. The molecule has 200 valence electrons. The van der Waals surface area contributed by atoms with Gasteiger partial charge in [0, 0.05) is 0 Å². The third-order valence-electron chi connectivity index (χ3n) is 7.34. The van der Waals surface area contributed by atoms with Gasteiger partial charge in [-0.2, -0.15) is 0 Å². The molecule has 5 aromatic carbocycles. The first-order valence-electron chi connectivity index (χ1n) is 13.3. The van der Waals surface area contributed by atoms with Crippen LogP contribution in [0.25, 0.3) is 0 Å². The zero-order valence-electron chi connectivity index (χ0n) is 22.8. The van der Waals surface area contributed by atoms with Crippen LogP contribution in [0.5, 0.6) is 11.5 Å². The third-order valence-corrected chi connectivity index (χ3v) is 12.6. The normalized spacial score (nSPS) is 12.2. The van der Waals surface area contributed by atoms with E-state index < -0.39 is 13.2 Å². The Balaban J connectivity index is 1.82. The Morgan fingerprint density at radius 3 is 1.32 bits per heavy atom. The van der Waals surface area contributed by atoms with Gasteiger partial charge in [-0.05, 0) is 0 Å². The van der Waals surface area contributed by atoms with Crippen LogP contribution in [0.15, 0.2) is 152 Å². The summed E-state index contributed by atoms with van der Waals surface area (Å²) < 4.78 is 11.1. The summed E-state index contributed by atoms with van der Waals surface area (Å²) in [6.07, 6.45) is 0. The molecule has 40 heavy (non-hydrogen) atoms. The van der Waals surface area contributed by atoms with Crippen LogP contribution in [-0.2, 0) is 4.79 Å². The van der Waals surface area contributed by atoms with E-state index in [0.717, 1.165) is 11.3 Å². The van der Waals surface area contributed by atoms with Gasteiger partial charge in [-0.25, -0.2) is 0 Å². The Hall–Kier alpha value is -4.46. The monoisotopic (exact) mass is 544 g/mol. The standard InChI is InChI=1S/C36H33O3P/c1-27(2)36(37)39-31-25-21-29(22-26-31)35(28-19-23-30(38-3)24-20-28)40(32-13-7-4-8-14-32,33-15-9-5-10-16-33)34-17-11-6-12-18-34/h4-26,35,40H,1H2,2-3H3. The molecule has 0 amide bonds. The van der Waals surface area contributed by atoms with Gasteiger partial charge in [0.1, 0.15) is 0 Å². The Morgan fingerprint density at radius 2 is 0.975 bits per heavy atom. The average molecular weight is 545 g/mol. The molecule has 0 aromatic heterocycles. The Bertz CT molecular complexity index is 1470. The summed E-state index contributed by atoms with van der Waals surface area (Å²) >= 11 is 0. The van der Waals surface area contributed by atoms with Crippen LogP contribution < -0.4 is 25.4 Å². The molecule has 0 N–H and O–H groups in total. The minimum absolute atomic E-state index is 0.00324. The zero-order chi connectivity index (χ0) is 28.0. The molecule has 0 fully saturated rings. The number of ether oxygens (including phenoxy) is 2. The van der Waals surface area contributed by atoms with Crippen LogP contribution in [0.2, 0.25) is 0 Å². The summed E-state index contributed by atoms with van der Waals surface area (Å²) in [4.78, 5) is 12.2. The van der Waals surface area contributed by atoms with Crippen molar-refractivity contribution in [3.05, 3.63) is 163 Å². The van der Waals surface area contributed by atoms with Gasteiger partial charge in [0.2, 0.25) is 0 Å². The summed E-state index contributed by atoms with van der Waals surface area (Å²) in [5.41, 5.74) is 2.69. The van der Waals surface area contributed by atoms with Crippen molar-refractivity contribution in [2.45, 2.75) is 12.6 Å². The number of carbonyl (C=O) groups excluding carboxylic acids is 1. The third kappa shape index (κ3) is 5.34. The molecule has 5 rings (SSSR count). The number of hydrogen-bond donors (Lipinski definition) is 0. The van der Waals surface area contributed by atoms with Gasteiger partial charge in [-0.3, -0.25) is 0 Å². The fourth-order valence-electron chi connectivity index (χ4n) is 5.51. The molecule has 0 saturated carbocycles. The second kappa shape index (κ2) is 12.2. The van der Waals surface area contributed by atoms with Crippen molar-refractivity contribution < 1.29 is 14.3 Å². The minimum atomic E-state index is -2.79. The van der Waals surface area contributed by atoms with E-state index >= 15 is 0 Å². The first-order chi connectivity index (χ1) is 19.5. The van der Waals surface area contributed by atoms with Gasteiger partial charge in [-0.1, -0.05) is 0 Å². The molecule has 0 spiro atoms. The maximum atomic E-state index is 12.2. The molecule has 3 nitrogen and oxygen atoms in total. The van der Waals surface area contributed by atoms with Crippen molar-refractivity contribution >= 4 is 29.1 Å². The van der Waals surface area contributed by atoms with Crippen molar-refractivity contribution in [1.82, 2.24) is 0 Å². The molecule has 0 aliphatic heterocycles. The second-order valence-corrected chi connectivity index (χ2v) is 13.8. The molecule has 1 atom stereocenters. The van der Waals surface area contributed by atoms with Crippen LogP contribution in [-0.4, -0.2) is 13.1 Å². The topological polar surface area (TPSA) is 35.5 Å². The molecular formula is C36H33O3P. The van der Waals surface area contributed by atoms with E-state index in [1.807, 2.05) is 24.3 Å². The predicted molar refractivity (Wildman–Crippen MR) is 168 cm³/mol. The van der Waals surface area contributed by atoms with E-state index in [1.165, 1.54) is 21.5 Å². The van der Waals surface area contributed by atoms with E-state index in [-0.39, 0.29) is 5.66 Å². The number of hydrogen-bond acceptors (Lipinski definition) is 3. The number of rotatable bonds is 9. The van der Waals surface area contributed by atoms with Gasteiger partial charge in [-0.15, -0.1) is 0 Å². The van der Waals surface area contributed by atoms with Gasteiger partial charge in [0.15, 0.2) is 0 Å². The summed E-state index contributed by atoms with van der Waals surface area (Å²) in [6.45, 7) is 5.35. The number of carbonyl (C=O) groups is 1. The Morgan fingerprint density at radius 1 is 0.600 bits per heavy atom. The van der Waals surface area contributed by atoms with Crippen LogP contribution in [0.3, 0.4) is 0 Å². The fraction of sp³-hybridized carbons (Fsp3) is 0.0833. The maximum absolute atomic E-state index is 12.2. The molecule has 0 aliphatic carbocycles. The van der Waals surface area contributed by atoms with Gasteiger partial charge in [0.05, 0.1) is 0 Å². The first kappa shape index (κ1) is 27.1.